The van der Waals surface area contributed by atoms with Gasteiger partial charge in [-0.15, -0.1) is 0 Å². The van der Waals surface area contributed by atoms with Crippen molar-refractivity contribution in [2.75, 3.05) is 0 Å². The van der Waals surface area contributed by atoms with E-state index < -0.39 is 21.8 Å². The van der Waals surface area contributed by atoms with Crippen molar-refractivity contribution in [1.82, 2.24) is 0 Å². The molecule has 60 heavy (non-hydrogen) atoms. The van der Waals surface area contributed by atoms with Crippen LogP contribution in [0.2, 0.25) is 0 Å². The molecule has 0 unspecified atom stereocenters. The Morgan fingerprint density at radius 1 is 0.300 bits per heavy atom. The summed E-state index contributed by atoms with van der Waals surface area (Å²) in [5, 5.41) is 0. The van der Waals surface area contributed by atoms with Gasteiger partial charge in [-0.25, -0.2) is 0 Å². The zero-order valence-electron chi connectivity index (χ0n) is 42.1. The van der Waals surface area contributed by atoms with Crippen molar-refractivity contribution < 1.29 is 0 Å². The predicted octanol–water partition coefficient (Wildman–Crippen LogP) is 16.4. The van der Waals surface area contributed by atoms with Gasteiger partial charge < -0.3 is 0 Å². The molecule has 0 saturated heterocycles. The average Bonchev–Trinajstić information content (AvgIpc) is 3.97. The molecule has 2 aromatic carbocycles. The van der Waals surface area contributed by atoms with E-state index in [4.69, 9.17) is 20.0 Å². The number of hydrogen-bond acceptors (Lipinski definition) is 0. The van der Waals surface area contributed by atoms with E-state index in [2.05, 4.69) is 123 Å². The molecule has 0 radical (unpaired) electrons. The van der Waals surface area contributed by atoms with E-state index in [1.807, 2.05) is 0 Å². The topological polar surface area (TPSA) is 0 Å². The molecule has 0 fully saturated rings. The van der Waals surface area contributed by atoms with Gasteiger partial charge in [0.1, 0.15) is 0 Å². The third-order valence-electron chi connectivity index (χ3n) is 21.2. The van der Waals surface area contributed by atoms with Crippen molar-refractivity contribution in [1.29, 1.82) is 0 Å². The first-order valence-electron chi connectivity index (χ1n) is 26.1. The van der Waals surface area contributed by atoms with E-state index in [1.165, 1.54) is 128 Å². The van der Waals surface area contributed by atoms with Gasteiger partial charge in [0.25, 0.3) is 0 Å². The summed E-state index contributed by atoms with van der Waals surface area (Å²) in [5.74, 6) is 0. The number of halogens is 2. The van der Waals surface area contributed by atoms with Gasteiger partial charge in [0, 0.05) is 0 Å². The van der Waals surface area contributed by atoms with E-state index in [0.29, 0.717) is 0 Å². The quantitative estimate of drug-likeness (QED) is 0.131. The van der Waals surface area contributed by atoms with E-state index >= 15 is 0 Å². The van der Waals surface area contributed by atoms with Crippen LogP contribution >= 0.6 is 20.0 Å². The second kappa shape index (κ2) is 17.7. The van der Waals surface area contributed by atoms with Crippen molar-refractivity contribution in [3.05, 3.63) is 56.6 Å². The minimum atomic E-state index is -2.73. The Balaban J connectivity index is 1.96. The first-order valence-corrected chi connectivity index (χ1v) is 40.2. The zero-order chi connectivity index (χ0) is 44.5. The van der Waals surface area contributed by atoms with Gasteiger partial charge in [0.2, 0.25) is 0 Å². The van der Waals surface area contributed by atoms with Crippen LogP contribution in [0, 0.1) is 0 Å². The fourth-order valence-corrected chi connectivity index (χ4v) is 39.6. The molecule has 0 saturated carbocycles. The van der Waals surface area contributed by atoms with Crippen LogP contribution in [-0.4, -0.2) is 21.8 Å². The minimum absolute atomic E-state index is 0.165. The second-order valence-electron chi connectivity index (χ2n) is 21.4. The Bertz CT molecular complexity index is 1670. The Labute approximate surface area is 387 Å². The molecule has 0 atom stereocenters. The van der Waals surface area contributed by atoms with Gasteiger partial charge in [0.05, 0.1) is 0 Å². The summed E-state index contributed by atoms with van der Waals surface area (Å²) in [4.78, 5) is 0. The molecule has 0 heterocycles. The van der Waals surface area contributed by atoms with Crippen LogP contribution in [-0.2, 0) is 43.3 Å². The monoisotopic (exact) mass is 980 g/mol. The van der Waals surface area contributed by atoms with Crippen LogP contribution < -0.4 is 8.79 Å². The van der Waals surface area contributed by atoms with Gasteiger partial charge in [-0.1, -0.05) is 0 Å². The molecule has 2 aromatic rings. The van der Waals surface area contributed by atoms with Gasteiger partial charge >= 0.3 is 390 Å². The number of fused-ring (bicyclic) bond motifs is 4. The summed E-state index contributed by atoms with van der Waals surface area (Å²) in [7, 11) is 12.6. The first-order chi connectivity index (χ1) is 28.6. The van der Waals surface area contributed by atoms with E-state index in [0.717, 1.165) is 0 Å². The van der Waals surface area contributed by atoms with Crippen LogP contribution in [0.25, 0.3) is 0 Å². The SMILES string of the molecule is CCC1(CC)CC(CC)(CC)c2c1cc1c([c]2/[Ge]([Cl])=[Ge](\[Cl])[c]2c3c(cc4c2C(CC)(CC)CC4(CC)CC)C(CC)(CC)CC3(CC)CC)C(CC)(CC)CC1(CC)CC. The van der Waals surface area contributed by atoms with Crippen LogP contribution in [0.3, 0.4) is 0 Å². The molecule has 0 amide bonds. The van der Waals surface area contributed by atoms with Gasteiger partial charge in [-0.3, -0.25) is 0 Å². The van der Waals surface area contributed by atoms with Crippen LogP contribution in [0.15, 0.2) is 12.1 Å². The number of benzene rings is 2. The molecular formula is C56H90Cl2Ge2. The molecule has 0 nitrogen and oxygen atoms in total. The molecule has 6 rings (SSSR count). The standard InChI is InChI=1S/C56H90Cl2Ge2/c1-17-49(18-2)35-53(25-9,26-10)43-39(49)33-40-44(54(27-11,28-12)36-50(40,19-3)20-4)47(43)59(57)60(58)48-45-41(51(21-5,22-6)37-55(45,29-13)30-14)34-42-46(48)56(31-15,32-16)38-52(42,23-7)24-8/h33-34H,17-32,35-38H2,1-16H3/b60-59+. The fourth-order valence-electron chi connectivity index (χ4n) is 16.2. The summed E-state index contributed by atoms with van der Waals surface area (Å²) < 4.78 is 3.51. The molecule has 0 aliphatic heterocycles. The van der Waals surface area contributed by atoms with Crippen molar-refractivity contribution in [2.45, 2.75) is 283 Å². The van der Waals surface area contributed by atoms with Crippen molar-refractivity contribution in [3.63, 3.8) is 0 Å². The zero-order valence-corrected chi connectivity index (χ0v) is 47.8. The molecular weight excluding hydrogens is 889 g/mol. The molecule has 4 aliphatic carbocycles. The van der Waals surface area contributed by atoms with E-state index in [9.17, 15) is 0 Å². The van der Waals surface area contributed by atoms with Crippen LogP contribution in [0.5, 0.6) is 0 Å². The first kappa shape index (κ1) is 49.5. The van der Waals surface area contributed by atoms with E-state index in [1.54, 1.807) is 53.3 Å². The number of hydrogen-bond donors (Lipinski definition) is 0. The molecule has 4 heteroatoms. The molecule has 0 bridgehead atoms. The normalized spacial score (nSPS) is 23.0. The van der Waals surface area contributed by atoms with Gasteiger partial charge in [-0.2, -0.15) is 0 Å². The van der Waals surface area contributed by atoms with Gasteiger partial charge in [-0.05, 0) is 0 Å². The van der Waals surface area contributed by atoms with Gasteiger partial charge in [0.15, 0.2) is 0 Å². The van der Waals surface area contributed by atoms with Crippen molar-refractivity contribution >= 4 is 50.6 Å². The summed E-state index contributed by atoms with van der Waals surface area (Å²) >= 11 is 0. The van der Waals surface area contributed by atoms with Crippen molar-refractivity contribution in [3.8, 4) is 0 Å². The second-order valence-corrected chi connectivity index (χ2v) is 47.9. The average molecular weight is 979 g/mol. The van der Waals surface area contributed by atoms with Crippen LogP contribution in [0.4, 0.5) is 0 Å². The summed E-state index contributed by atoms with van der Waals surface area (Å²) in [6.07, 6.45) is 24.5. The summed E-state index contributed by atoms with van der Waals surface area (Å²) in [5.41, 5.74) is 15.5. The Morgan fingerprint density at radius 3 is 0.583 bits per heavy atom. The fraction of sp³-hybridized carbons (Fsp3) is 0.786. The summed E-state index contributed by atoms with van der Waals surface area (Å²) in [6.45, 7) is 40.3. The Kier molecular flexibility index (Phi) is 14.6. The Hall–Kier alpha value is 0.106. The molecule has 4 aliphatic rings. The van der Waals surface area contributed by atoms with E-state index in [-0.39, 0.29) is 43.3 Å². The predicted molar refractivity (Wildman–Crippen MR) is 272 cm³/mol. The third kappa shape index (κ3) is 6.40. The summed E-state index contributed by atoms with van der Waals surface area (Å²) in [6, 6.07) is 5.77. The molecule has 0 spiro atoms. The number of rotatable bonds is 18. The maximum absolute atomic E-state index is 9.05. The molecule has 0 aromatic heterocycles. The van der Waals surface area contributed by atoms with Crippen molar-refractivity contribution in [2.24, 2.45) is 0 Å². The molecule has 0 N–H and O–H groups in total. The van der Waals surface area contributed by atoms with Crippen LogP contribution in [0.1, 0.15) is 284 Å². The maximum atomic E-state index is 9.05. The Morgan fingerprint density at radius 2 is 0.450 bits per heavy atom. The molecule has 336 valence electrons. The third-order valence-corrected chi connectivity index (χ3v) is 50.4.